The molecule has 1 saturated heterocycles. The second kappa shape index (κ2) is 22.3. The Morgan fingerprint density at radius 2 is 1.29 bits per heavy atom. The van der Waals surface area contributed by atoms with Gasteiger partial charge in [0.05, 0.1) is 17.0 Å². The first-order chi connectivity index (χ1) is 27.7. The molecule has 0 unspecified atom stereocenters. The van der Waals surface area contributed by atoms with Crippen LogP contribution in [0.2, 0.25) is 10.0 Å². The third kappa shape index (κ3) is 14.7. The summed E-state index contributed by atoms with van der Waals surface area (Å²) in [6, 6.07) is 29.6. The fourth-order valence-electron chi connectivity index (χ4n) is 5.61. The minimum Gasteiger partial charge on any atom is -0.475 e. The van der Waals surface area contributed by atoms with E-state index in [2.05, 4.69) is 67.5 Å². The number of likely N-dealkylation sites (tertiary alicyclic amines) is 1. The lowest BCUT2D eigenvalue weighted by Gasteiger charge is -2.36. The molecule has 304 valence electrons. The molecule has 0 aliphatic carbocycles. The minimum absolute atomic E-state index is 0.0231. The number of halogens is 2. The molecule has 0 saturated carbocycles. The van der Waals surface area contributed by atoms with Crippen LogP contribution in [-0.2, 0) is 4.79 Å². The Bertz CT molecular complexity index is 2160. The molecular weight excluding hydrogens is 816 g/mol. The maximum atomic E-state index is 11.0. The van der Waals surface area contributed by atoms with Gasteiger partial charge in [-0.2, -0.15) is 0 Å². The molecule has 58 heavy (non-hydrogen) atoms. The summed E-state index contributed by atoms with van der Waals surface area (Å²) in [7, 11) is 4.29. The number of amides is 1. The summed E-state index contributed by atoms with van der Waals surface area (Å²) in [5, 5.41) is 25.6. The van der Waals surface area contributed by atoms with Crippen LogP contribution < -0.4 is 37.2 Å². The molecule has 1 aliphatic heterocycles. The van der Waals surface area contributed by atoms with E-state index in [1.54, 1.807) is 24.3 Å². The van der Waals surface area contributed by atoms with Crippen molar-refractivity contribution >= 4 is 116 Å². The average Bonchev–Trinajstić information content (AvgIpc) is 3.73. The summed E-state index contributed by atoms with van der Waals surface area (Å²) in [5.74, 6) is -1.16. The van der Waals surface area contributed by atoms with Crippen molar-refractivity contribution in [3.63, 3.8) is 0 Å². The molecule has 1 aromatic heterocycles. The largest absolute Gasteiger partial charge is 0.475 e. The first-order valence-electron chi connectivity index (χ1n) is 18.0. The zero-order valence-electron chi connectivity index (χ0n) is 32.2. The lowest BCUT2D eigenvalue weighted by atomic mass is 10.0. The normalized spacial score (nSPS) is 12.3. The summed E-state index contributed by atoms with van der Waals surface area (Å²) in [6.45, 7) is 7.40. The highest BCUT2D eigenvalue weighted by molar-refractivity contribution is 7.81. The highest BCUT2D eigenvalue weighted by Crippen LogP contribution is 2.31. The monoisotopic (exact) mass is 860 g/mol. The zero-order chi connectivity index (χ0) is 42.2. The Morgan fingerprint density at radius 1 is 0.810 bits per heavy atom. The third-order valence-electron chi connectivity index (χ3n) is 8.66. The Kier molecular flexibility index (Phi) is 17.4. The quantitative estimate of drug-likeness (QED) is 0.0555. The van der Waals surface area contributed by atoms with E-state index in [0.29, 0.717) is 21.3 Å². The van der Waals surface area contributed by atoms with Gasteiger partial charge in [-0.1, -0.05) is 41.9 Å². The molecule has 1 fully saturated rings. The van der Waals surface area contributed by atoms with Crippen LogP contribution in [0.3, 0.4) is 0 Å². The standard InChI is InChI=1S/C20H26ClN5S.C17H16ClN3OS.C5H4O3/c1-25-11-9-17(10-12-25)26(2)19-8-7-16(13-18(19)21)24-20(27)23-15-5-3-14(22)4-6-15;1-3-12-4-5-15(10-16(12)18)21-17(23)20-14-8-6-13(7-9-14)19-11(2)22;6-5(7)4-2-1-3-8-4/h3-8,13,17H,9-12,22H2,1-2H3,(H2,23,24,27);3-10H,1H2,2H3,(H,19,22)(H2,20,21,23);1-3H,(H,6,7). The number of benzene rings is 4. The molecule has 16 heteroatoms. The number of nitrogen functional groups attached to an aromatic ring is 1. The summed E-state index contributed by atoms with van der Waals surface area (Å²) >= 11 is 23.3. The van der Waals surface area contributed by atoms with E-state index >= 15 is 0 Å². The van der Waals surface area contributed by atoms with Gasteiger partial charge in [-0.25, -0.2) is 4.79 Å². The molecule has 1 amide bonds. The van der Waals surface area contributed by atoms with Gasteiger partial charge in [-0.15, -0.1) is 0 Å². The van der Waals surface area contributed by atoms with Crippen LogP contribution in [-0.4, -0.2) is 65.3 Å². The number of rotatable bonds is 9. The smallest absolute Gasteiger partial charge is 0.371 e. The van der Waals surface area contributed by atoms with Gasteiger partial charge in [0.1, 0.15) is 0 Å². The Hall–Kier alpha value is -5.64. The third-order valence-corrected chi connectivity index (χ3v) is 9.70. The molecule has 2 heterocycles. The molecule has 12 nitrogen and oxygen atoms in total. The fourth-order valence-corrected chi connectivity index (χ4v) is 6.66. The highest BCUT2D eigenvalue weighted by atomic mass is 35.5. The van der Waals surface area contributed by atoms with E-state index in [4.69, 9.17) is 58.5 Å². The second-order valence-electron chi connectivity index (χ2n) is 13.1. The lowest BCUT2D eigenvalue weighted by molar-refractivity contribution is -0.114. The average molecular weight is 862 g/mol. The van der Waals surface area contributed by atoms with Crippen LogP contribution in [0.15, 0.2) is 114 Å². The number of furan rings is 1. The van der Waals surface area contributed by atoms with Crippen molar-refractivity contribution in [1.29, 1.82) is 0 Å². The molecule has 5 aromatic rings. The maximum absolute atomic E-state index is 11.0. The predicted octanol–water partition coefficient (Wildman–Crippen LogP) is 9.99. The molecular formula is C42H46Cl2N8O4S2. The number of nitrogens with two attached hydrogens (primary N) is 1. The van der Waals surface area contributed by atoms with Crippen molar-refractivity contribution in [3.8, 4) is 0 Å². The molecule has 0 bridgehead atoms. The summed E-state index contributed by atoms with van der Waals surface area (Å²) in [4.78, 5) is 25.6. The van der Waals surface area contributed by atoms with Crippen LogP contribution in [0.4, 0.5) is 39.8 Å². The van der Waals surface area contributed by atoms with E-state index < -0.39 is 5.97 Å². The van der Waals surface area contributed by atoms with Crippen molar-refractivity contribution in [3.05, 3.63) is 131 Å². The summed E-state index contributed by atoms with van der Waals surface area (Å²) < 4.78 is 4.50. The van der Waals surface area contributed by atoms with Gasteiger partial charge < -0.3 is 51.6 Å². The van der Waals surface area contributed by atoms with Crippen LogP contribution in [0, 0.1) is 0 Å². The van der Waals surface area contributed by atoms with Crippen molar-refractivity contribution in [2.24, 2.45) is 0 Å². The maximum Gasteiger partial charge on any atom is 0.371 e. The van der Waals surface area contributed by atoms with Gasteiger partial charge >= 0.3 is 5.97 Å². The van der Waals surface area contributed by atoms with Gasteiger partial charge in [0.2, 0.25) is 11.7 Å². The van der Waals surface area contributed by atoms with E-state index in [1.165, 1.54) is 25.3 Å². The summed E-state index contributed by atoms with van der Waals surface area (Å²) in [5.41, 5.74) is 12.4. The first kappa shape index (κ1) is 45.1. The summed E-state index contributed by atoms with van der Waals surface area (Å²) in [6.07, 6.45) is 5.32. The number of piperidine rings is 1. The topological polar surface area (TPSA) is 160 Å². The number of carboxylic acid groups (broad SMARTS) is 1. The SMILES string of the molecule is C=Cc1ccc(NC(=S)Nc2ccc(NC(C)=O)cc2)cc1Cl.CN1CCC(N(C)c2ccc(NC(=S)Nc3ccc(N)cc3)cc2Cl)CC1.O=C(O)c1ccco1. The van der Waals surface area contributed by atoms with Gasteiger partial charge in [0.15, 0.2) is 10.2 Å². The van der Waals surface area contributed by atoms with Crippen molar-refractivity contribution in [1.82, 2.24) is 4.90 Å². The van der Waals surface area contributed by atoms with Gasteiger partial charge in [0.25, 0.3) is 0 Å². The van der Waals surface area contributed by atoms with E-state index in [9.17, 15) is 9.59 Å². The van der Waals surface area contributed by atoms with Gasteiger partial charge in [0, 0.05) is 59.2 Å². The van der Waals surface area contributed by atoms with Gasteiger partial charge in [-0.3, -0.25) is 4.79 Å². The minimum atomic E-state index is -1.03. The number of thiocarbonyl (C=S) groups is 2. The number of nitrogens with one attached hydrogen (secondary N) is 5. The number of aromatic carboxylic acids is 1. The van der Waals surface area contributed by atoms with E-state index in [-0.39, 0.29) is 11.7 Å². The van der Waals surface area contributed by atoms with Crippen molar-refractivity contribution < 1.29 is 19.1 Å². The molecule has 0 spiro atoms. The molecule has 8 N–H and O–H groups in total. The van der Waals surface area contributed by atoms with E-state index in [1.807, 2.05) is 60.7 Å². The zero-order valence-corrected chi connectivity index (χ0v) is 35.4. The number of hydrogen-bond acceptors (Lipinski definition) is 8. The van der Waals surface area contributed by atoms with Crippen LogP contribution in [0.5, 0.6) is 0 Å². The number of nitrogens with zero attached hydrogens (tertiary/aromatic N) is 2. The second-order valence-corrected chi connectivity index (χ2v) is 14.7. The van der Waals surface area contributed by atoms with Crippen LogP contribution in [0.25, 0.3) is 6.08 Å². The van der Waals surface area contributed by atoms with Crippen LogP contribution >= 0.6 is 47.6 Å². The molecule has 1 aliphatic rings. The Morgan fingerprint density at radius 3 is 1.74 bits per heavy atom. The Labute approximate surface area is 359 Å². The molecule has 0 atom stereocenters. The first-order valence-corrected chi connectivity index (χ1v) is 19.6. The van der Waals surface area contributed by atoms with Gasteiger partial charge in [-0.05, 0) is 154 Å². The number of carbonyl (C=O) groups is 2. The molecule has 0 radical (unpaired) electrons. The number of carbonyl (C=O) groups excluding carboxylic acids is 1. The highest BCUT2D eigenvalue weighted by Gasteiger charge is 2.22. The van der Waals surface area contributed by atoms with E-state index in [0.717, 1.165) is 76.3 Å². The molecule has 6 rings (SSSR count). The predicted molar refractivity (Wildman–Crippen MR) is 249 cm³/mol. The van der Waals surface area contributed by atoms with Crippen molar-refractivity contribution in [2.75, 3.05) is 64.4 Å². The Balaban J connectivity index is 0.000000217. The number of anilines is 7. The van der Waals surface area contributed by atoms with Crippen LogP contribution in [0.1, 0.15) is 35.9 Å². The van der Waals surface area contributed by atoms with Crippen molar-refractivity contribution in [2.45, 2.75) is 25.8 Å². The molecule has 4 aromatic carbocycles. The lowest BCUT2D eigenvalue weighted by Crippen LogP contribution is -2.42. The fraction of sp³-hybridized carbons (Fsp3) is 0.190. The number of hydrogen-bond donors (Lipinski definition) is 7. The number of carboxylic acids is 1.